The maximum atomic E-state index is 15.1. The van der Waals surface area contributed by atoms with Crippen LogP contribution in [0.2, 0.25) is 0 Å². The van der Waals surface area contributed by atoms with Gasteiger partial charge in [-0.25, -0.2) is 23.1 Å². The number of pyridine rings is 1. The van der Waals surface area contributed by atoms with Crippen LogP contribution in [0, 0.1) is 0 Å². The molecule has 1 atom stereocenters. The third kappa shape index (κ3) is 4.75. The molecule has 2 aliphatic heterocycles. The van der Waals surface area contributed by atoms with Crippen LogP contribution in [0.5, 0.6) is 0 Å². The van der Waals surface area contributed by atoms with E-state index >= 15 is 4.39 Å². The van der Waals surface area contributed by atoms with Crippen molar-refractivity contribution in [1.29, 1.82) is 0 Å². The van der Waals surface area contributed by atoms with E-state index in [0.29, 0.717) is 53.9 Å². The van der Waals surface area contributed by atoms with Crippen LogP contribution in [0.3, 0.4) is 0 Å². The number of amides is 1. The quantitative estimate of drug-likeness (QED) is 0.504. The number of fused-ring (bicyclic) bond motifs is 1. The van der Waals surface area contributed by atoms with E-state index in [1.165, 1.54) is 23.0 Å². The number of benzene rings is 1. The fraction of sp³-hybridized carbons (Fsp3) is 0.481. The lowest BCUT2D eigenvalue weighted by molar-refractivity contribution is -0.129. The Balaban J connectivity index is 1.49. The highest BCUT2D eigenvalue weighted by molar-refractivity contribution is 5.87. The second kappa shape index (κ2) is 10.0. The first-order valence-electron chi connectivity index (χ1n) is 12.8. The van der Waals surface area contributed by atoms with Crippen LogP contribution in [-0.2, 0) is 17.5 Å². The highest BCUT2D eigenvalue weighted by Gasteiger charge is 2.39. The van der Waals surface area contributed by atoms with Crippen molar-refractivity contribution in [2.75, 3.05) is 31.5 Å². The number of nitrogens with zero attached hydrogens (tertiary/aromatic N) is 4. The minimum absolute atomic E-state index is 0.0127. The minimum atomic E-state index is -2.73. The molecule has 2 N–H and O–H groups in total. The topological polar surface area (TPSA) is 92.2 Å². The molecule has 0 saturated carbocycles. The molecule has 0 spiro atoms. The van der Waals surface area contributed by atoms with Crippen LogP contribution < -0.4 is 16.2 Å². The van der Waals surface area contributed by atoms with E-state index in [0.717, 1.165) is 0 Å². The number of hydrogen-bond donors (Lipinski definition) is 2. The molecule has 38 heavy (non-hydrogen) atoms. The molecule has 2 fully saturated rings. The minimum Gasteiger partial charge on any atom is -0.363 e. The third-order valence-electron chi connectivity index (χ3n) is 7.82. The largest absolute Gasteiger partial charge is 0.363 e. The van der Waals surface area contributed by atoms with Crippen LogP contribution >= 0.6 is 0 Å². The van der Waals surface area contributed by atoms with Gasteiger partial charge in [-0.1, -0.05) is 6.07 Å². The maximum Gasteiger partial charge on any atom is 0.263 e. The van der Waals surface area contributed by atoms with Gasteiger partial charge in [0.05, 0.1) is 5.39 Å². The van der Waals surface area contributed by atoms with Gasteiger partial charge in [0.2, 0.25) is 5.91 Å². The Labute approximate surface area is 218 Å². The normalized spacial score (nSPS) is 18.4. The number of aryl methyl sites for hydroxylation is 1. The number of aromatic nitrogens is 3. The maximum absolute atomic E-state index is 15.1. The van der Waals surface area contributed by atoms with E-state index in [2.05, 4.69) is 20.6 Å². The predicted molar refractivity (Wildman–Crippen MR) is 138 cm³/mol. The van der Waals surface area contributed by atoms with Crippen LogP contribution in [0.15, 0.2) is 35.4 Å². The van der Waals surface area contributed by atoms with Gasteiger partial charge in [0.15, 0.2) is 5.67 Å². The summed E-state index contributed by atoms with van der Waals surface area (Å²) < 4.78 is 44.0. The second-order valence-corrected chi connectivity index (χ2v) is 10.3. The van der Waals surface area contributed by atoms with Crippen molar-refractivity contribution in [1.82, 2.24) is 24.8 Å². The number of hydrogen-bond acceptors (Lipinski definition) is 6. The molecule has 2 aromatic heterocycles. The summed E-state index contributed by atoms with van der Waals surface area (Å²) in [6.45, 7) is 4.68. The molecule has 4 heterocycles. The van der Waals surface area contributed by atoms with Crippen molar-refractivity contribution in [3.8, 4) is 0 Å². The first-order valence-corrected chi connectivity index (χ1v) is 12.8. The number of alkyl halides is 3. The zero-order valence-corrected chi connectivity index (χ0v) is 21.6. The molecule has 1 amide bonds. The van der Waals surface area contributed by atoms with Crippen LogP contribution in [0.1, 0.15) is 67.3 Å². The zero-order valence-electron chi connectivity index (χ0n) is 21.6. The summed E-state index contributed by atoms with van der Waals surface area (Å²) in [5.41, 5.74) is -0.242. The summed E-state index contributed by atoms with van der Waals surface area (Å²) in [6.07, 6.45) is -0.0322. The molecule has 0 unspecified atom stereocenters. The van der Waals surface area contributed by atoms with E-state index in [-0.39, 0.29) is 41.6 Å². The Morgan fingerprint density at radius 2 is 1.82 bits per heavy atom. The molecule has 2 saturated heterocycles. The molecule has 0 radical (unpaired) electrons. The Morgan fingerprint density at radius 1 is 1.13 bits per heavy atom. The van der Waals surface area contributed by atoms with E-state index < -0.39 is 18.1 Å². The smallest absolute Gasteiger partial charge is 0.263 e. The van der Waals surface area contributed by atoms with Crippen LogP contribution in [-0.4, -0.2) is 51.5 Å². The van der Waals surface area contributed by atoms with E-state index in [9.17, 15) is 18.4 Å². The van der Waals surface area contributed by atoms with E-state index in [1.54, 1.807) is 37.9 Å². The van der Waals surface area contributed by atoms with Crippen molar-refractivity contribution in [2.24, 2.45) is 7.05 Å². The average molecular weight is 529 g/mol. The predicted octanol–water partition coefficient (Wildman–Crippen LogP) is 3.93. The molecule has 1 aromatic carbocycles. The summed E-state index contributed by atoms with van der Waals surface area (Å²) in [5, 5.41) is 6.77. The standard InChI is InChI=1S/C27H31F3N6O2/c1-15(18-8-19(23(28)29)10-20(9-18)27(30)12-31-13-27)34-24-22-11-21(17-4-6-36(7-5-17)16(2)37)26(38)35(3)25(22)33-14-32-24/h8-11,14-15,17,23,31H,4-7,12-13H2,1-3H3,(H,32,33,34)/t15-/m1/s1. The lowest BCUT2D eigenvalue weighted by atomic mass is 9.87. The number of nitrogens with one attached hydrogen (secondary N) is 2. The van der Waals surface area contributed by atoms with Crippen molar-refractivity contribution in [2.45, 2.75) is 50.7 Å². The zero-order chi connectivity index (χ0) is 27.2. The number of carbonyl (C=O) groups is 1. The van der Waals surface area contributed by atoms with E-state index in [4.69, 9.17) is 0 Å². The van der Waals surface area contributed by atoms with E-state index in [1.807, 2.05) is 0 Å². The SMILES string of the molecule is CC(=O)N1CCC(c2cc3c(N[C@H](C)c4cc(C(F)F)cc(C5(F)CNC5)c4)ncnc3n(C)c2=O)CC1. The average Bonchev–Trinajstić information content (AvgIpc) is 2.89. The molecule has 3 aromatic rings. The lowest BCUT2D eigenvalue weighted by Gasteiger charge is -2.36. The van der Waals surface area contributed by atoms with Gasteiger partial charge in [-0.2, -0.15) is 0 Å². The summed E-state index contributed by atoms with van der Waals surface area (Å²) in [6, 6.07) is 5.56. The Kier molecular flexibility index (Phi) is 6.89. The second-order valence-electron chi connectivity index (χ2n) is 10.3. The molecule has 202 valence electrons. The first-order chi connectivity index (χ1) is 18.1. The molecular formula is C27H31F3N6O2. The highest BCUT2D eigenvalue weighted by Crippen LogP contribution is 2.36. The highest BCUT2D eigenvalue weighted by atomic mass is 19.3. The number of halogens is 3. The number of anilines is 1. The molecule has 0 aliphatic carbocycles. The Hall–Kier alpha value is -3.47. The van der Waals surface area contributed by atoms with Gasteiger partial charge >= 0.3 is 0 Å². The number of piperidine rings is 1. The fourth-order valence-corrected chi connectivity index (χ4v) is 5.35. The summed E-state index contributed by atoms with van der Waals surface area (Å²) in [4.78, 5) is 35.4. The van der Waals surface area contributed by atoms with Crippen molar-refractivity contribution in [3.63, 3.8) is 0 Å². The molecule has 2 aliphatic rings. The molecule has 11 heteroatoms. The van der Waals surface area contributed by atoms with Crippen LogP contribution in [0.25, 0.3) is 11.0 Å². The monoisotopic (exact) mass is 528 g/mol. The summed E-state index contributed by atoms with van der Waals surface area (Å²) in [5.74, 6) is 0.459. The van der Waals surface area contributed by atoms with Crippen molar-refractivity contribution in [3.05, 3.63) is 63.2 Å². The molecule has 0 bridgehead atoms. The number of rotatable bonds is 6. The van der Waals surface area contributed by atoms with Gasteiger partial charge in [-0.3, -0.25) is 14.2 Å². The molecule has 8 nitrogen and oxygen atoms in total. The van der Waals surface area contributed by atoms with Gasteiger partial charge in [-0.15, -0.1) is 0 Å². The third-order valence-corrected chi connectivity index (χ3v) is 7.82. The molecular weight excluding hydrogens is 497 g/mol. The lowest BCUT2D eigenvalue weighted by Crippen LogP contribution is -2.53. The summed E-state index contributed by atoms with van der Waals surface area (Å²) in [7, 11) is 1.66. The number of likely N-dealkylation sites (tertiary alicyclic amines) is 1. The Bertz CT molecular complexity index is 1430. The van der Waals surface area contributed by atoms with Gasteiger partial charge in [0.25, 0.3) is 12.0 Å². The number of carbonyl (C=O) groups excluding carboxylic acids is 1. The first kappa shape index (κ1) is 26.1. The van der Waals surface area contributed by atoms with Crippen molar-refractivity contribution >= 4 is 22.8 Å². The molecule has 5 rings (SSSR count). The van der Waals surface area contributed by atoms with Gasteiger partial charge in [0, 0.05) is 57.3 Å². The summed E-state index contributed by atoms with van der Waals surface area (Å²) >= 11 is 0. The van der Waals surface area contributed by atoms with Gasteiger partial charge in [-0.05, 0) is 55.0 Å². The van der Waals surface area contributed by atoms with Gasteiger partial charge < -0.3 is 15.5 Å². The fourth-order valence-electron chi connectivity index (χ4n) is 5.35. The van der Waals surface area contributed by atoms with Gasteiger partial charge in [0.1, 0.15) is 17.8 Å². The Morgan fingerprint density at radius 3 is 2.42 bits per heavy atom. The van der Waals surface area contributed by atoms with Crippen LogP contribution in [0.4, 0.5) is 19.0 Å². The van der Waals surface area contributed by atoms with Crippen molar-refractivity contribution < 1.29 is 18.0 Å².